The first kappa shape index (κ1) is 16.7. The van der Waals surface area contributed by atoms with Crippen molar-refractivity contribution in [2.45, 2.75) is 78.2 Å². The van der Waals surface area contributed by atoms with Crippen LogP contribution in [0.3, 0.4) is 0 Å². The van der Waals surface area contributed by atoms with Crippen LogP contribution in [0.4, 0.5) is 0 Å². The zero-order valence-electron chi connectivity index (χ0n) is 15.8. The molecule has 4 rings (SSSR count). The Morgan fingerprint density at radius 2 is 1.96 bits per heavy atom. The van der Waals surface area contributed by atoms with Gasteiger partial charge in [0.15, 0.2) is 0 Å². The molecule has 0 unspecified atom stereocenters. The molecule has 1 N–H and O–H groups in total. The van der Waals surface area contributed by atoms with Crippen LogP contribution in [-0.4, -0.2) is 11.2 Å². The Morgan fingerprint density at radius 3 is 2.71 bits per heavy atom. The SMILES string of the molecule is C=C=C(C)[C@H]1CC[C@H]2[C@@H]3CC=C4C[C@@H](O)CC[C@]4(C)[C@H]3CC[C@]12C. The minimum Gasteiger partial charge on any atom is -0.393 e. The van der Waals surface area contributed by atoms with E-state index in [0.29, 0.717) is 16.7 Å². The summed E-state index contributed by atoms with van der Waals surface area (Å²) in [5.74, 6) is 3.27. The van der Waals surface area contributed by atoms with E-state index < -0.39 is 0 Å². The van der Waals surface area contributed by atoms with Gasteiger partial charge in [-0.3, -0.25) is 0 Å². The highest BCUT2D eigenvalue weighted by molar-refractivity contribution is 5.26. The van der Waals surface area contributed by atoms with E-state index in [4.69, 9.17) is 0 Å². The van der Waals surface area contributed by atoms with E-state index in [1.54, 1.807) is 5.57 Å². The topological polar surface area (TPSA) is 20.2 Å². The van der Waals surface area contributed by atoms with Crippen molar-refractivity contribution in [1.29, 1.82) is 0 Å². The van der Waals surface area contributed by atoms with Crippen molar-refractivity contribution in [1.82, 2.24) is 0 Å². The second-order valence-corrected chi connectivity index (χ2v) is 9.69. The van der Waals surface area contributed by atoms with Crippen molar-refractivity contribution in [3.63, 3.8) is 0 Å². The van der Waals surface area contributed by atoms with Crippen molar-refractivity contribution >= 4 is 0 Å². The summed E-state index contributed by atoms with van der Waals surface area (Å²) >= 11 is 0. The van der Waals surface area contributed by atoms with Crippen LogP contribution in [0.2, 0.25) is 0 Å². The van der Waals surface area contributed by atoms with Crippen LogP contribution in [0.5, 0.6) is 0 Å². The van der Waals surface area contributed by atoms with Crippen molar-refractivity contribution < 1.29 is 5.11 Å². The predicted molar refractivity (Wildman–Crippen MR) is 99.5 cm³/mol. The van der Waals surface area contributed by atoms with Crippen molar-refractivity contribution in [2.24, 2.45) is 34.5 Å². The first-order chi connectivity index (χ1) is 11.4. The number of allylic oxidation sites excluding steroid dienone is 2. The summed E-state index contributed by atoms with van der Waals surface area (Å²) < 4.78 is 0. The number of hydrogen-bond donors (Lipinski definition) is 1. The van der Waals surface area contributed by atoms with Gasteiger partial charge in [-0.15, -0.1) is 5.73 Å². The number of aliphatic hydroxyl groups is 1. The lowest BCUT2D eigenvalue weighted by Gasteiger charge is -2.58. The zero-order chi connectivity index (χ0) is 17.1. The molecule has 4 aliphatic carbocycles. The lowest BCUT2D eigenvalue weighted by atomic mass is 9.47. The van der Waals surface area contributed by atoms with Crippen LogP contribution in [0.15, 0.2) is 29.5 Å². The Morgan fingerprint density at radius 1 is 1.17 bits per heavy atom. The van der Waals surface area contributed by atoms with Gasteiger partial charge in [0.05, 0.1) is 6.10 Å². The average Bonchev–Trinajstić information content (AvgIpc) is 2.92. The van der Waals surface area contributed by atoms with Crippen LogP contribution < -0.4 is 0 Å². The number of hydrogen-bond acceptors (Lipinski definition) is 1. The van der Waals surface area contributed by atoms with E-state index in [1.165, 1.54) is 44.1 Å². The average molecular weight is 327 g/mol. The molecule has 4 aliphatic rings. The van der Waals surface area contributed by atoms with Gasteiger partial charge < -0.3 is 5.11 Å². The quantitative estimate of drug-likeness (QED) is 0.487. The molecular formula is C23H34O. The van der Waals surface area contributed by atoms with E-state index in [0.717, 1.165) is 30.6 Å². The smallest absolute Gasteiger partial charge is 0.0577 e. The molecule has 3 fully saturated rings. The molecule has 0 aromatic heterocycles. The van der Waals surface area contributed by atoms with Crippen molar-refractivity contribution in [3.05, 3.63) is 29.5 Å². The molecule has 3 saturated carbocycles. The summed E-state index contributed by atoms with van der Waals surface area (Å²) in [6, 6.07) is 0. The van der Waals surface area contributed by atoms with Crippen LogP contribution >= 0.6 is 0 Å². The van der Waals surface area contributed by atoms with E-state index >= 15 is 0 Å². The highest BCUT2D eigenvalue weighted by Crippen LogP contribution is 2.66. The van der Waals surface area contributed by atoms with Crippen LogP contribution in [-0.2, 0) is 0 Å². The summed E-state index contributed by atoms with van der Waals surface area (Å²) in [6.07, 6.45) is 12.3. The van der Waals surface area contributed by atoms with Crippen LogP contribution in [0.1, 0.15) is 72.1 Å². The van der Waals surface area contributed by atoms with Crippen LogP contribution in [0, 0.1) is 34.5 Å². The molecule has 0 aliphatic heterocycles. The van der Waals surface area contributed by atoms with Gasteiger partial charge in [0, 0.05) is 0 Å². The first-order valence-corrected chi connectivity index (χ1v) is 10.1. The van der Waals surface area contributed by atoms with Crippen molar-refractivity contribution in [2.75, 3.05) is 0 Å². The fourth-order valence-electron chi connectivity index (χ4n) is 7.48. The normalized spacial score (nSPS) is 50.2. The molecule has 24 heavy (non-hydrogen) atoms. The highest BCUT2D eigenvalue weighted by atomic mass is 16.3. The molecule has 1 heteroatoms. The van der Waals surface area contributed by atoms with Gasteiger partial charge in [0.1, 0.15) is 0 Å². The van der Waals surface area contributed by atoms with Gasteiger partial charge in [-0.25, -0.2) is 0 Å². The summed E-state index contributed by atoms with van der Waals surface area (Å²) in [7, 11) is 0. The maximum Gasteiger partial charge on any atom is 0.0577 e. The Labute approximate surface area is 147 Å². The molecule has 0 amide bonds. The van der Waals surface area contributed by atoms with Gasteiger partial charge in [-0.1, -0.05) is 32.1 Å². The van der Waals surface area contributed by atoms with E-state index in [9.17, 15) is 5.11 Å². The number of fused-ring (bicyclic) bond motifs is 5. The molecule has 0 aromatic carbocycles. The largest absolute Gasteiger partial charge is 0.393 e. The monoisotopic (exact) mass is 326 g/mol. The molecule has 0 saturated heterocycles. The van der Waals surface area contributed by atoms with Gasteiger partial charge in [-0.2, -0.15) is 0 Å². The van der Waals surface area contributed by atoms with E-state index in [2.05, 4.69) is 39.2 Å². The molecular weight excluding hydrogens is 292 g/mol. The third-order valence-corrected chi connectivity index (χ3v) is 8.88. The van der Waals surface area contributed by atoms with E-state index in [1.807, 2.05) is 0 Å². The summed E-state index contributed by atoms with van der Waals surface area (Å²) in [4.78, 5) is 0. The lowest BCUT2D eigenvalue weighted by Crippen LogP contribution is -2.50. The molecule has 0 spiro atoms. The van der Waals surface area contributed by atoms with Gasteiger partial charge in [0.2, 0.25) is 0 Å². The maximum absolute atomic E-state index is 10.1. The molecule has 132 valence electrons. The highest BCUT2D eigenvalue weighted by Gasteiger charge is 2.58. The summed E-state index contributed by atoms with van der Waals surface area (Å²) in [5, 5.41) is 10.1. The molecule has 1 nitrogen and oxygen atoms in total. The Hall–Kier alpha value is -0.780. The first-order valence-electron chi connectivity index (χ1n) is 10.1. The molecule has 0 heterocycles. The second kappa shape index (κ2) is 5.61. The van der Waals surface area contributed by atoms with Gasteiger partial charge in [0.25, 0.3) is 0 Å². The fraction of sp³-hybridized carbons (Fsp3) is 0.783. The van der Waals surface area contributed by atoms with Gasteiger partial charge in [-0.05, 0) is 98.4 Å². The summed E-state index contributed by atoms with van der Waals surface area (Å²) in [5.41, 5.74) is 7.04. The molecule has 7 atom stereocenters. The molecule has 0 radical (unpaired) electrons. The van der Waals surface area contributed by atoms with E-state index in [-0.39, 0.29) is 6.10 Å². The predicted octanol–water partition coefficient (Wildman–Crippen LogP) is 5.66. The number of rotatable bonds is 1. The maximum atomic E-state index is 10.1. The minimum atomic E-state index is -0.0917. The Bertz CT molecular complexity index is 610. The zero-order valence-corrected chi connectivity index (χ0v) is 15.8. The van der Waals surface area contributed by atoms with Gasteiger partial charge >= 0.3 is 0 Å². The third kappa shape index (κ3) is 2.17. The number of aliphatic hydroxyl groups excluding tert-OH is 1. The lowest BCUT2D eigenvalue weighted by molar-refractivity contribution is -0.0453. The molecule has 0 aromatic rings. The molecule has 0 bridgehead atoms. The van der Waals surface area contributed by atoms with Crippen LogP contribution in [0.25, 0.3) is 0 Å². The fourth-order valence-corrected chi connectivity index (χ4v) is 7.48. The minimum absolute atomic E-state index is 0.0917. The third-order valence-electron chi connectivity index (χ3n) is 8.88. The van der Waals surface area contributed by atoms with Crippen molar-refractivity contribution in [3.8, 4) is 0 Å². The Kier molecular flexibility index (Phi) is 3.90. The second-order valence-electron chi connectivity index (χ2n) is 9.69. The summed E-state index contributed by atoms with van der Waals surface area (Å²) in [6.45, 7) is 11.3. The standard InChI is InChI=1S/C23H34O/c1-5-15(2)19-8-9-20-18-7-6-16-14-17(24)10-12-22(16,3)21(18)11-13-23(19,20)4/h6,17-21,24H,1,7-14H2,2-4H3/t17-,18-,19+,20-,21-,22-,23+/m0/s1. The Balaban J connectivity index is 1.66.